The normalized spacial score (nSPS) is 11.2. The van der Waals surface area contributed by atoms with Crippen molar-refractivity contribution in [2.75, 3.05) is 24.2 Å². The Kier molecular flexibility index (Phi) is 7.64. The maximum atomic E-state index is 13.5. The Morgan fingerprint density at radius 1 is 0.844 bits per heavy atom. The van der Waals surface area contributed by atoms with Gasteiger partial charge in [-0.3, -0.25) is 9.10 Å². The largest absolute Gasteiger partial charge is 0.340 e. The predicted molar refractivity (Wildman–Crippen MR) is 132 cm³/mol. The zero-order valence-corrected chi connectivity index (χ0v) is 20.4. The fourth-order valence-electron chi connectivity index (χ4n) is 3.20. The van der Waals surface area contributed by atoms with Crippen molar-refractivity contribution in [3.05, 3.63) is 89.5 Å². The summed E-state index contributed by atoms with van der Waals surface area (Å²) in [5.74, 6) is -0.282. The monoisotopic (exact) mass is 468 g/mol. The minimum atomic E-state index is -3.92. The van der Waals surface area contributed by atoms with E-state index < -0.39 is 10.0 Å². The van der Waals surface area contributed by atoms with Crippen LogP contribution in [0, 0.1) is 13.8 Å². The van der Waals surface area contributed by atoms with E-state index in [1.54, 1.807) is 60.1 Å². The van der Waals surface area contributed by atoms with E-state index in [-0.39, 0.29) is 17.3 Å². The van der Waals surface area contributed by atoms with Crippen molar-refractivity contribution in [2.24, 2.45) is 0 Å². The SMILES string of the molecule is CSc1ccc(S(=O)(=O)N(CC(=O)N(C)Cc2ccc(C)cc2)c2ccc(C)cc2)cc1. The second-order valence-corrected chi connectivity index (χ2v) is 10.5. The Labute approximate surface area is 195 Å². The molecule has 5 nitrogen and oxygen atoms in total. The fourth-order valence-corrected chi connectivity index (χ4v) is 5.02. The second kappa shape index (κ2) is 10.2. The maximum absolute atomic E-state index is 13.5. The number of likely N-dealkylation sites (N-methyl/N-ethyl adjacent to an activating group) is 1. The molecular weight excluding hydrogens is 440 g/mol. The summed E-state index contributed by atoms with van der Waals surface area (Å²) >= 11 is 1.54. The van der Waals surface area contributed by atoms with Gasteiger partial charge in [-0.15, -0.1) is 11.8 Å². The van der Waals surface area contributed by atoms with Crippen LogP contribution in [0.1, 0.15) is 16.7 Å². The third kappa shape index (κ3) is 5.72. The lowest BCUT2D eigenvalue weighted by Crippen LogP contribution is -2.41. The van der Waals surface area contributed by atoms with Crippen molar-refractivity contribution in [3.8, 4) is 0 Å². The smallest absolute Gasteiger partial charge is 0.264 e. The third-order valence-corrected chi connectivity index (χ3v) is 7.75. The molecule has 0 aliphatic carbocycles. The Morgan fingerprint density at radius 2 is 1.38 bits per heavy atom. The topological polar surface area (TPSA) is 57.7 Å². The number of amides is 1. The van der Waals surface area contributed by atoms with Crippen molar-refractivity contribution in [2.45, 2.75) is 30.2 Å². The fraction of sp³-hybridized carbons (Fsp3) is 0.240. The lowest BCUT2D eigenvalue weighted by atomic mass is 10.1. The number of hydrogen-bond acceptors (Lipinski definition) is 4. The summed E-state index contributed by atoms with van der Waals surface area (Å²) in [7, 11) is -2.23. The number of aryl methyl sites for hydroxylation is 2. The minimum absolute atomic E-state index is 0.157. The molecule has 0 bridgehead atoms. The van der Waals surface area contributed by atoms with Gasteiger partial charge in [0, 0.05) is 18.5 Å². The van der Waals surface area contributed by atoms with Crippen LogP contribution in [-0.4, -0.2) is 39.1 Å². The number of sulfonamides is 1. The molecule has 0 saturated carbocycles. The molecule has 0 radical (unpaired) electrons. The van der Waals surface area contributed by atoms with Crippen molar-refractivity contribution in [1.29, 1.82) is 0 Å². The van der Waals surface area contributed by atoms with Gasteiger partial charge in [-0.05, 0) is 62.1 Å². The van der Waals surface area contributed by atoms with Crippen LogP contribution in [0.15, 0.2) is 82.6 Å². The van der Waals surface area contributed by atoms with E-state index in [2.05, 4.69) is 0 Å². The highest BCUT2D eigenvalue weighted by Gasteiger charge is 2.28. The first kappa shape index (κ1) is 23.9. The van der Waals surface area contributed by atoms with Gasteiger partial charge in [-0.1, -0.05) is 47.5 Å². The van der Waals surface area contributed by atoms with Gasteiger partial charge in [0.05, 0.1) is 10.6 Å². The van der Waals surface area contributed by atoms with Crippen LogP contribution < -0.4 is 4.31 Å². The van der Waals surface area contributed by atoms with Crippen LogP contribution in [0.5, 0.6) is 0 Å². The summed E-state index contributed by atoms with van der Waals surface area (Å²) < 4.78 is 28.2. The average molecular weight is 469 g/mol. The van der Waals surface area contributed by atoms with Gasteiger partial charge < -0.3 is 4.90 Å². The number of nitrogens with zero attached hydrogens (tertiary/aromatic N) is 2. The summed E-state index contributed by atoms with van der Waals surface area (Å²) in [5, 5.41) is 0. The molecule has 0 aromatic heterocycles. The molecular formula is C25H28N2O3S2. The highest BCUT2D eigenvalue weighted by molar-refractivity contribution is 7.98. The molecule has 3 aromatic rings. The van der Waals surface area contributed by atoms with E-state index in [9.17, 15) is 13.2 Å². The highest BCUT2D eigenvalue weighted by Crippen LogP contribution is 2.26. The van der Waals surface area contributed by atoms with Gasteiger partial charge in [-0.2, -0.15) is 0 Å². The third-order valence-electron chi connectivity index (χ3n) is 5.21. The molecule has 7 heteroatoms. The quantitative estimate of drug-likeness (QED) is 0.442. The van der Waals surface area contributed by atoms with Crippen LogP contribution >= 0.6 is 11.8 Å². The van der Waals surface area contributed by atoms with E-state index in [0.717, 1.165) is 21.6 Å². The van der Waals surface area contributed by atoms with E-state index >= 15 is 0 Å². The number of carbonyl (C=O) groups is 1. The first-order valence-electron chi connectivity index (χ1n) is 10.2. The zero-order chi connectivity index (χ0) is 23.3. The van der Waals surface area contributed by atoms with Crippen LogP contribution in [0.3, 0.4) is 0 Å². The molecule has 3 aromatic carbocycles. The van der Waals surface area contributed by atoms with Crippen LogP contribution in [0.2, 0.25) is 0 Å². The van der Waals surface area contributed by atoms with Crippen molar-refractivity contribution in [1.82, 2.24) is 4.90 Å². The van der Waals surface area contributed by atoms with Crippen LogP contribution in [-0.2, 0) is 21.4 Å². The standard InChI is InChI=1S/C25H28N2O3S2/c1-19-5-9-21(10-6-19)17-26(3)25(28)18-27(22-11-7-20(2)8-12-22)32(29,30)24-15-13-23(31-4)14-16-24/h5-16H,17-18H2,1-4H3. The Morgan fingerprint density at radius 3 is 1.91 bits per heavy atom. The highest BCUT2D eigenvalue weighted by atomic mass is 32.2. The van der Waals surface area contributed by atoms with Gasteiger partial charge in [0.15, 0.2) is 0 Å². The number of thioether (sulfide) groups is 1. The first-order valence-corrected chi connectivity index (χ1v) is 12.9. The Bertz CT molecular complexity index is 1160. The molecule has 0 N–H and O–H groups in total. The van der Waals surface area contributed by atoms with E-state index in [1.165, 1.54) is 4.31 Å². The van der Waals surface area contributed by atoms with E-state index in [1.807, 2.05) is 56.5 Å². The molecule has 0 atom stereocenters. The maximum Gasteiger partial charge on any atom is 0.264 e. The molecule has 0 aliphatic heterocycles. The number of anilines is 1. The first-order chi connectivity index (χ1) is 15.2. The van der Waals surface area contributed by atoms with Gasteiger partial charge >= 0.3 is 0 Å². The summed E-state index contributed by atoms with van der Waals surface area (Å²) in [4.78, 5) is 15.7. The molecule has 0 spiro atoms. The zero-order valence-electron chi connectivity index (χ0n) is 18.8. The Balaban J connectivity index is 1.89. The number of carbonyl (C=O) groups excluding carboxylic acids is 1. The summed E-state index contributed by atoms with van der Waals surface area (Å²) in [6.07, 6.45) is 1.94. The number of hydrogen-bond donors (Lipinski definition) is 0. The molecule has 32 heavy (non-hydrogen) atoms. The predicted octanol–water partition coefficient (Wildman–Crippen LogP) is 4.88. The van der Waals surface area contributed by atoms with Gasteiger partial charge in [-0.25, -0.2) is 8.42 Å². The molecule has 1 amide bonds. The molecule has 168 valence electrons. The summed E-state index contributed by atoms with van der Waals surface area (Å²) in [6, 6.07) is 21.8. The van der Waals surface area contributed by atoms with Crippen molar-refractivity contribution >= 4 is 33.4 Å². The molecule has 0 heterocycles. The molecule has 0 saturated heterocycles. The Hall–Kier alpha value is -2.77. The molecule has 0 fully saturated rings. The second-order valence-electron chi connectivity index (χ2n) is 7.76. The van der Waals surface area contributed by atoms with Gasteiger partial charge in [0.25, 0.3) is 10.0 Å². The van der Waals surface area contributed by atoms with Crippen LogP contribution in [0.25, 0.3) is 0 Å². The van der Waals surface area contributed by atoms with Crippen molar-refractivity contribution in [3.63, 3.8) is 0 Å². The van der Waals surface area contributed by atoms with E-state index in [0.29, 0.717) is 12.2 Å². The summed E-state index contributed by atoms with van der Waals surface area (Å²) in [6.45, 7) is 4.07. The number of rotatable bonds is 8. The van der Waals surface area contributed by atoms with Crippen molar-refractivity contribution < 1.29 is 13.2 Å². The summed E-state index contributed by atoms with van der Waals surface area (Å²) in [5.41, 5.74) is 3.61. The number of benzene rings is 3. The average Bonchev–Trinajstić information content (AvgIpc) is 2.79. The lowest BCUT2D eigenvalue weighted by Gasteiger charge is -2.27. The van der Waals surface area contributed by atoms with Crippen LogP contribution in [0.4, 0.5) is 5.69 Å². The van der Waals surface area contributed by atoms with Gasteiger partial charge in [0.1, 0.15) is 6.54 Å². The molecule has 3 rings (SSSR count). The molecule has 0 unspecified atom stereocenters. The minimum Gasteiger partial charge on any atom is -0.340 e. The van der Waals surface area contributed by atoms with Gasteiger partial charge in [0.2, 0.25) is 5.91 Å². The molecule has 0 aliphatic rings. The lowest BCUT2D eigenvalue weighted by molar-refractivity contribution is -0.128. The van der Waals surface area contributed by atoms with E-state index in [4.69, 9.17) is 0 Å².